The van der Waals surface area contributed by atoms with E-state index in [1.807, 2.05) is 31.1 Å². The second-order valence-corrected chi connectivity index (χ2v) is 8.14. The van der Waals surface area contributed by atoms with Crippen molar-refractivity contribution in [2.75, 3.05) is 40.1 Å². The third kappa shape index (κ3) is 4.97. The van der Waals surface area contributed by atoms with Gasteiger partial charge in [0, 0.05) is 34.3 Å². The van der Waals surface area contributed by atoms with Gasteiger partial charge in [-0.05, 0) is 56.6 Å². The molecule has 0 aliphatic heterocycles. The van der Waals surface area contributed by atoms with E-state index < -0.39 is 5.82 Å². The van der Waals surface area contributed by atoms with Gasteiger partial charge < -0.3 is 20.1 Å². The molecule has 2 heterocycles. The molecule has 0 aliphatic rings. The minimum Gasteiger partial charge on any atom is -0.497 e. The van der Waals surface area contributed by atoms with E-state index in [1.165, 1.54) is 18.2 Å². The van der Waals surface area contributed by atoms with Gasteiger partial charge in [0.2, 0.25) is 5.88 Å². The molecular weight excluding hydrogens is 445 g/mol. The molecule has 0 radical (unpaired) electrons. The highest BCUT2D eigenvalue weighted by Crippen LogP contribution is 2.35. The Kier molecular flexibility index (Phi) is 6.57. The number of rotatable bonds is 7. The van der Waals surface area contributed by atoms with Crippen LogP contribution in [0.3, 0.4) is 0 Å². The number of halogens is 2. The van der Waals surface area contributed by atoms with Crippen LogP contribution in [0.4, 0.5) is 10.1 Å². The van der Waals surface area contributed by atoms with E-state index in [-0.39, 0.29) is 11.4 Å². The number of fused-ring (bicyclic) bond motifs is 1. The summed E-state index contributed by atoms with van der Waals surface area (Å²) in [4.78, 5) is 6.74. The zero-order valence-electron chi connectivity index (χ0n) is 18.5. The average molecular weight is 468 g/mol. The van der Waals surface area contributed by atoms with E-state index in [1.54, 1.807) is 25.3 Å². The molecule has 33 heavy (non-hydrogen) atoms. The van der Waals surface area contributed by atoms with E-state index in [4.69, 9.17) is 31.8 Å². The predicted molar refractivity (Wildman–Crippen MR) is 128 cm³/mol. The predicted octanol–water partition coefficient (Wildman–Crippen LogP) is 4.68. The Morgan fingerprint density at radius 1 is 1.00 bits per heavy atom. The van der Waals surface area contributed by atoms with Crippen molar-refractivity contribution in [3.63, 3.8) is 0 Å². The molecule has 0 fully saturated rings. The lowest BCUT2D eigenvalue weighted by Crippen LogP contribution is -2.20. The number of hydrogen-bond acceptors (Lipinski definition) is 7. The zero-order valence-corrected chi connectivity index (χ0v) is 19.2. The number of pyridine rings is 1. The van der Waals surface area contributed by atoms with Crippen molar-refractivity contribution < 1.29 is 13.9 Å². The summed E-state index contributed by atoms with van der Waals surface area (Å²) in [5.41, 5.74) is 9.09. The number of ether oxygens (including phenoxy) is 2. The Hall–Kier alpha value is -3.49. The second kappa shape index (κ2) is 9.56. The SMILES string of the molecule is COc1ccc2c(N)cc(-c3cc(-c4cc(Cl)ccc4F)nnc3OCCN(C)C)nc2c1. The lowest BCUT2D eigenvalue weighted by molar-refractivity contribution is 0.252. The summed E-state index contributed by atoms with van der Waals surface area (Å²) in [5.74, 6) is 0.470. The van der Waals surface area contributed by atoms with Crippen molar-refractivity contribution in [1.82, 2.24) is 20.1 Å². The zero-order chi connectivity index (χ0) is 23.5. The van der Waals surface area contributed by atoms with Crippen LogP contribution in [0.25, 0.3) is 33.4 Å². The summed E-state index contributed by atoms with van der Waals surface area (Å²) in [6.07, 6.45) is 0. The Morgan fingerprint density at radius 3 is 2.58 bits per heavy atom. The summed E-state index contributed by atoms with van der Waals surface area (Å²) in [7, 11) is 5.48. The smallest absolute Gasteiger partial charge is 0.243 e. The molecule has 9 heteroatoms. The highest BCUT2D eigenvalue weighted by atomic mass is 35.5. The third-order valence-electron chi connectivity index (χ3n) is 5.07. The average Bonchev–Trinajstić information content (AvgIpc) is 2.80. The summed E-state index contributed by atoms with van der Waals surface area (Å²) in [5, 5.41) is 9.60. The molecule has 0 saturated heterocycles. The maximum Gasteiger partial charge on any atom is 0.243 e. The summed E-state index contributed by atoms with van der Waals surface area (Å²) < 4.78 is 25.7. The standard InChI is InChI=1S/C24H23ClFN5O2/c1-31(2)8-9-33-24-18(12-23(29-30-24)17-10-14(25)4-7-19(17)26)22-13-20(27)16-6-5-15(32-3)11-21(16)28-22/h4-7,10-13H,8-9H2,1-3H3,(H2,27,28). The number of nitrogens with zero attached hydrogens (tertiary/aromatic N) is 4. The summed E-state index contributed by atoms with van der Waals surface area (Å²) in [6, 6.07) is 13.2. The van der Waals surface area contributed by atoms with Crippen LogP contribution >= 0.6 is 11.6 Å². The van der Waals surface area contributed by atoms with Crippen LogP contribution in [0, 0.1) is 5.82 Å². The molecule has 2 aromatic heterocycles. The molecule has 0 saturated carbocycles. The molecule has 2 N–H and O–H groups in total. The molecule has 0 bridgehead atoms. The van der Waals surface area contributed by atoms with Crippen LogP contribution in [0.2, 0.25) is 5.02 Å². The van der Waals surface area contributed by atoms with Gasteiger partial charge in [-0.15, -0.1) is 10.2 Å². The molecule has 0 unspecified atom stereocenters. The van der Waals surface area contributed by atoms with E-state index in [0.717, 1.165) is 5.39 Å². The first-order valence-corrected chi connectivity index (χ1v) is 10.6. The fourth-order valence-corrected chi connectivity index (χ4v) is 3.49. The second-order valence-electron chi connectivity index (χ2n) is 7.70. The number of nitrogens with two attached hydrogens (primary N) is 1. The molecular formula is C24H23ClFN5O2. The lowest BCUT2D eigenvalue weighted by atomic mass is 10.1. The number of nitrogen functional groups attached to an aromatic ring is 1. The van der Waals surface area contributed by atoms with Gasteiger partial charge in [0.05, 0.1) is 29.6 Å². The van der Waals surface area contributed by atoms with Gasteiger partial charge in [0.25, 0.3) is 0 Å². The summed E-state index contributed by atoms with van der Waals surface area (Å²) >= 11 is 6.08. The van der Waals surface area contributed by atoms with Gasteiger partial charge in [-0.3, -0.25) is 0 Å². The molecule has 2 aromatic carbocycles. The van der Waals surface area contributed by atoms with Crippen LogP contribution < -0.4 is 15.2 Å². The Labute approximate surface area is 195 Å². The highest BCUT2D eigenvalue weighted by molar-refractivity contribution is 6.30. The molecule has 4 rings (SSSR count). The van der Waals surface area contributed by atoms with E-state index in [2.05, 4.69) is 10.2 Å². The van der Waals surface area contributed by atoms with Crippen molar-refractivity contribution in [2.45, 2.75) is 0 Å². The van der Waals surface area contributed by atoms with Gasteiger partial charge in [-0.1, -0.05) is 11.6 Å². The van der Waals surface area contributed by atoms with E-state index >= 15 is 0 Å². The first-order chi connectivity index (χ1) is 15.9. The molecule has 0 spiro atoms. The molecule has 0 atom stereocenters. The first-order valence-electron chi connectivity index (χ1n) is 10.2. The normalized spacial score (nSPS) is 11.2. The molecule has 0 amide bonds. The minimum absolute atomic E-state index is 0.228. The maximum atomic E-state index is 14.5. The Bertz CT molecular complexity index is 1320. The number of hydrogen-bond donors (Lipinski definition) is 1. The molecule has 0 aliphatic carbocycles. The van der Waals surface area contributed by atoms with Gasteiger partial charge in [-0.25, -0.2) is 9.37 Å². The van der Waals surface area contributed by atoms with Gasteiger partial charge in [0.15, 0.2) is 0 Å². The number of aromatic nitrogens is 3. The van der Waals surface area contributed by atoms with Gasteiger partial charge in [0.1, 0.15) is 18.2 Å². The number of methoxy groups -OCH3 is 1. The van der Waals surface area contributed by atoms with Crippen molar-refractivity contribution in [3.05, 3.63) is 59.4 Å². The number of benzene rings is 2. The molecule has 7 nitrogen and oxygen atoms in total. The third-order valence-corrected chi connectivity index (χ3v) is 5.30. The molecule has 4 aromatic rings. The van der Waals surface area contributed by atoms with Gasteiger partial charge in [-0.2, -0.15) is 0 Å². The first kappa shape index (κ1) is 22.7. The van der Waals surface area contributed by atoms with Crippen LogP contribution in [0.15, 0.2) is 48.5 Å². The Morgan fingerprint density at radius 2 is 1.82 bits per heavy atom. The van der Waals surface area contributed by atoms with Crippen molar-refractivity contribution >= 4 is 28.2 Å². The van der Waals surface area contributed by atoms with Crippen molar-refractivity contribution in [3.8, 4) is 34.1 Å². The number of anilines is 1. The topological polar surface area (TPSA) is 86.4 Å². The van der Waals surface area contributed by atoms with Crippen LogP contribution in [0.5, 0.6) is 11.6 Å². The maximum absolute atomic E-state index is 14.5. The fourth-order valence-electron chi connectivity index (χ4n) is 3.32. The molecule has 170 valence electrons. The Balaban J connectivity index is 1.87. The van der Waals surface area contributed by atoms with Gasteiger partial charge >= 0.3 is 0 Å². The fraction of sp³-hybridized carbons (Fsp3) is 0.208. The van der Waals surface area contributed by atoms with Crippen LogP contribution in [-0.4, -0.2) is 54.4 Å². The largest absolute Gasteiger partial charge is 0.497 e. The monoisotopic (exact) mass is 467 g/mol. The highest BCUT2D eigenvalue weighted by Gasteiger charge is 2.17. The van der Waals surface area contributed by atoms with Crippen LogP contribution in [0.1, 0.15) is 0 Å². The van der Waals surface area contributed by atoms with E-state index in [0.29, 0.717) is 52.1 Å². The summed E-state index contributed by atoms with van der Waals surface area (Å²) in [6.45, 7) is 1.06. The quantitative estimate of drug-likeness (QED) is 0.422. The van der Waals surface area contributed by atoms with Crippen molar-refractivity contribution in [1.29, 1.82) is 0 Å². The lowest BCUT2D eigenvalue weighted by Gasteiger charge is -2.14. The van der Waals surface area contributed by atoms with E-state index in [9.17, 15) is 4.39 Å². The minimum atomic E-state index is -0.461. The van der Waals surface area contributed by atoms with Crippen molar-refractivity contribution in [2.24, 2.45) is 0 Å². The number of likely N-dealkylation sites (N-methyl/N-ethyl adjacent to an activating group) is 1. The van der Waals surface area contributed by atoms with Crippen LogP contribution in [-0.2, 0) is 0 Å².